The van der Waals surface area contributed by atoms with Crippen molar-refractivity contribution >= 4 is 40.1 Å². The van der Waals surface area contributed by atoms with Gasteiger partial charge in [0, 0.05) is 35.9 Å². The molecule has 1 fully saturated rings. The number of amides is 1. The maximum absolute atomic E-state index is 13.5. The number of ether oxygens (including phenoxy) is 2. The molecule has 1 aromatic carbocycles. The van der Waals surface area contributed by atoms with Gasteiger partial charge >= 0.3 is 0 Å². The van der Waals surface area contributed by atoms with E-state index in [1.165, 1.54) is 0 Å². The van der Waals surface area contributed by atoms with Gasteiger partial charge in [-0.15, -0.1) is 5.10 Å². The molecule has 4 heterocycles. The summed E-state index contributed by atoms with van der Waals surface area (Å²) >= 11 is 13.3. The van der Waals surface area contributed by atoms with Gasteiger partial charge in [-0.1, -0.05) is 28.4 Å². The second-order valence-electron chi connectivity index (χ2n) is 8.14. The zero-order chi connectivity index (χ0) is 22.6. The fourth-order valence-electron chi connectivity index (χ4n) is 4.48. The molecule has 0 radical (unpaired) electrons. The molecule has 1 atom stereocenters. The van der Waals surface area contributed by atoms with Crippen LogP contribution in [0.5, 0.6) is 0 Å². The van der Waals surface area contributed by atoms with Crippen LogP contribution in [-0.4, -0.2) is 58.1 Å². The van der Waals surface area contributed by atoms with Crippen molar-refractivity contribution in [3.05, 3.63) is 54.4 Å². The highest BCUT2D eigenvalue weighted by Gasteiger charge is 2.36. The molecule has 2 aliphatic heterocycles. The fourth-order valence-corrected chi connectivity index (χ4v) is 5.14. The van der Waals surface area contributed by atoms with E-state index in [9.17, 15) is 9.59 Å². The minimum Gasteiger partial charge on any atom is -0.380 e. The molecule has 0 saturated carbocycles. The molecule has 9 nitrogen and oxygen atoms in total. The van der Waals surface area contributed by atoms with Gasteiger partial charge in [0.1, 0.15) is 5.52 Å². The van der Waals surface area contributed by atoms with Crippen molar-refractivity contribution in [2.24, 2.45) is 5.92 Å². The van der Waals surface area contributed by atoms with E-state index in [-0.39, 0.29) is 30.0 Å². The van der Waals surface area contributed by atoms with Crippen LogP contribution >= 0.6 is 23.2 Å². The van der Waals surface area contributed by atoms with Gasteiger partial charge in [0.2, 0.25) is 0 Å². The quantitative estimate of drug-likeness (QED) is 0.583. The number of aromatic amines is 2. The lowest BCUT2D eigenvalue weighted by molar-refractivity contribution is -0.105. The SMILES string of the molecule is COC(c1cc(Cl)c2c(c1Cl)C(=O)N(Cc1c(=O)[nH]c(C)c3nn[nH]c13)CC2)C1COC1. The minimum absolute atomic E-state index is 0.0939. The van der Waals surface area contributed by atoms with Crippen LogP contribution in [0.1, 0.15) is 38.8 Å². The third-order valence-corrected chi connectivity index (χ3v) is 7.00. The zero-order valence-corrected chi connectivity index (χ0v) is 19.0. The van der Waals surface area contributed by atoms with Crippen LogP contribution in [0.3, 0.4) is 0 Å². The van der Waals surface area contributed by atoms with Crippen LogP contribution in [0.2, 0.25) is 10.0 Å². The zero-order valence-electron chi connectivity index (χ0n) is 17.5. The molecule has 168 valence electrons. The maximum atomic E-state index is 13.5. The summed E-state index contributed by atoms with van der Waals surface area (Å²) in [6.45, 7) is 3.38. The van der Waals surface area contributed by atoms with Crippen LogP contribution in [0.25, 0.3) is 11.0 Å². The van der Waals surface area contributed by atoms with E-state index in [0.29, 0.717) is 75.2 Å². The molecule has 1 unspecified atom stereocenters. The number of aryl methyl sites for hydroxylation is 1. The van der Waals surface area contributed by atoms with Gasteiger partial charge in [0.05, 0.1) is 47.5 Å². The maximum Gasteiger partial charge on any atom is 0.256 e. The Bertz CT molecular complexity index is 1280. The lowest BCUT2D eigenvalue weighted by atomic mass is 9.89. The van der Waals surface area contributed by atoms with Gasteiger partial charge in [-0.2, -0.15) is 0 Å². The second-order valence-corrected chi connectivity index (χ2v) is 8.92. The molecule has 2 aromatic heterocycles. The Morgan fingerprint density at radius 2 is 2.12 bits per heavy atom. The number of H-pyrrole nitrogens is 2. The van der Waals surface area contributed by atoms with Crippen molar-refractivity contribution in [1.82, 2.24) is 25.3 Å². The summed E-state index contributed by atoms with van der Waals surface area (Å²) in [5, 5.41) is 11.4. The van der Waals surface area contributed by atoms with Crippen molar-refractivity contribution in [3.8, 4) is 0 Å². The van der Waals surface area contributed by atoms with Crippen molar-refractivity contribution in [2.75, 3.05) is 26.9 Å². The van der Waals surface area contributed by atoms with E-state index in [4.69, 9.17) is 32.7 Å². The van der Waals surface area contributed by atoms with E-state index < -0.39 is 0 Å². The number of carbonyl (C=O) groups excluding carboxylic acids is 1. The average molecular weight is 478 g/mol. The Labute approximate surface area is 193 Å². The number of carbonyl (C=O) groups is 1. The van der Waals surface area contributed by atoms with Gasteiger partial charge in [0.25, 0.3) is 11.5 Å². The van der Waals surface area contributed by atoms with E-state index in [0.717, 1.165) is 0 Å². The number of hydrogen-bond acceptors (Lipinski definition) is 6. The fraction of sp³-hybridized carbons (Fsp3) is 0.429. The Hall–Kier alpha value is -2.46. The number of nitrogens with one attached hydrogen (secondary N) is 2. The molecule has 3 aromatic rings. The summed E-state index contributed by atoms with van der Waals surface area (Å²) in [4.78, 5) is 30.6. The molecule has 0 aliphatic carbocycles. The molecule has 32 heavy (non-hydrogen) atoms. The number of methoxy groups -OCH3 is 1. The summed E-state index contributed by atoms with van der Waals surface area (Å²) in [6, 6.07) is 1.79. The molecule has 1 amide bonds. The number of halogens is 2. The smallest absolute Gasteiger partial charge is 0.256 e. The van der Waals surface area contributed by atoms with Crippen molar-refractivity contribution in [3.63, 3.8) is 0 Å². The van der Waals surface area contributed by atoms with Gasteiger partial charge in [0.15, 0.2) is 0 Å². The number of fused-ring (bicyclic) bond motifs is 2. The van der Waals surface area contributed by atoms with E-state index in [2.05, 4.69) is 20.4 Å². The highest BCUT2D eigenvalue weighted by Crippen LogP contribution is 2.41. The number of pyridine rings is 1. The third kappa shape index (κ3) is 3.31. The first-order chi connectivity index (χ1) is 15.4. The van der Waals surface area contributed by atoms with Crippen LogP contribution in [0, 0.1) is 12.8 Å². The van der Waals surface area contributed by atoms with Gasteiger partial charge in [-0.3, -0.25) is 14.7 Å². The third-order valence-electron chi connectivity index (χ3n) is 6.26. The van der Waals surface area contributed by atoms with Crippen molar-refractivity contribution in [2.45, 2.75) is 26.0 Å². The Morgan fingerprint density at radius 1 is 1.34 bits per heavy atom. The number of aromatic nitrogens is 4. The van der Waals surface area contributed by atoms with Crippen molar-refractivity contribution in [1.29, 1.82) is 0 Å². The van der Waals surface area contributed by atoms with E-state index >= 15 is 0 Å². The normalized spacial score (nSPS) is 17.5. The molecule has 5 rings (SSSR count). The summed E-state index contributed by atoms with van der Waals surface area (Å²) in [6.07, 6.45) is 0.205. The molecule has 11 heteroatoms. The summed E-state index contributed by atoms with van der Waals surface area (Å²) < 4.78 is 11.0. The molecule has 0 spiro atoms. The Kier molecular flexibility index (Phi) is 5.45. The van der Waals surface area contributed by atoms with Gasteiger partial charge in [-0.05, 0) is 25.0 Å². The molecule has 1 saturated heterocycles. The summed E-state index contributed by atoms with van der Waals surface area (Å²) in [7, 11) is 1.61. The van der Waals surface area contributed by atoms with Crippen LogP contribution < -0.4 is 5.56 Å². The monoisotopic (exact) mass is 477 g/mol. The highest BCUT2D eigenvalue weighted by molar-refractivity contribution is 6.37. The molecular formula is C21H21Cl2N5O4. The van der Waals surface area contributed by atoms with E-state index in [1.807, 2.05) is 0 Å². The largest absolute Gasteiger partial charge is 0.380 e. The summed E-state index contributed by atoms with van der Waals surface area (Å²) in [5.41, 5.74) is 3.56. The van der Waals surface area contributed by atoms with Crippen LogP contribution in [-0.2, 0) is 22.4 Å². The lowest BCUT2D eigenvalue weighted by Gasteiger charge is -2.35. The highest BCUT2D eigenvalue weighted by atomic mass is 35.5. The van der Waals surface area contributed by atoms with Crippen LogP contribution in [0.15, 0.2) is 10.9 Å². The molecular weight excluding hydrogens is 457 g/mol. The molecule has 2 aliphatic rings. The van der Waals surface area contributed by atoms with Gasteiger partial charge in [-0.25, -0.2) is 0 Å². The van der Waals surface area contributed by atoms with Crippen LogP contribution in [0.4, 0.5) is 0 Å². The van der Waals surface area contributed by atoms with E-state index in [1.54, 1.807) is 25.0 Å². The molecule has 0 bridgehead atoms. The van der Waals surface area contributed by atoms with Crippen molar-refractivity contribution < 1.29 is 14.3 Å². The Balaban J connectivity index is 1.54. The second kappa shape index (κ2) is 8.15. The number of hydrogen-bond donors (Lipinski definition) is 2. The predicted octanol–water partition coefficient (Wildman–Crippen LogP) is 2.79. The first kappa shape index (κ1) is 21.4. The van der Waals surface area contributed by atoms with Gasteiger partial charge < -0.3 is 19.4 Å². The minimum atomic E-state index is -0.321. The average Bonchev–Trinajstić information content (AvgIpc) is 3.22. The summed E-state index contributed by atoms with van der Waals surface area (Å²) in [5.74, 6) is -0.131. The first-order valence-corrected chi connectivity index (χ1v) is 11.0. The number of rotatable bonds is 5. The molecule has 2 N–H and O–H groups in total. The topological polar surface area (TPSA) is 113 Å². The predicted molar refractivity (Wildman–Crippen MR) is 118 cm³/mol. The standard InChI is InChI=1S/C21H21Cl2N5O4/c1-9-17-18(26-27-25-17)13(20(29)24-9)6-28-4-3-11-14(22)5-12(16(23)15(11)21(28)30)19(31-2)10-7-32-8-10/h5,10,19H,3-4,6-8H2,1-2H3,(H,24,29)(H,25,26,27). The first-order valence-electron chi connectivity index (χ1n) is 10.2. The Morgan fingerprint density at radius 3 is 2.81 bits per heavy atom. The number of nitrogens with zero attached hydrogens (tertiary/aromatic N) is 3. The number of benzene rings is 1. The lowest BCUT2D eigenvalue weighted by Crippen LogP contribution is -2.39.